The first-order valence-corrected chi connectivity index (χ1v) is 15.8. The third-order valence-electron chi connectivity index (χ3n) is 8.18. The van der Waals surface area contributed by atoms with Crippen LogP contribution >= 0.6 is 11.3 Å². The second-order valence-electron chi connectivity index (χ2n) is 11.2. The maximum absolute atomic E-state index is 14.2. The zero-order valence-corrected chi connectivity index (χ0v) is 25.6. The highest BCUT2D eigenvalue weighted by atomic mass is 32.1. The Morgan fingerprint density at radius 1 is 0.956 bits per heavy atom. The summed E-state index contributed by atoms with van der Waals surface area (Å²) < 4.78 is 0. The molecule has 45 heavy (non-hydrogen) atoms. The van der Waals surface area contributed by atoms with E-state index < -0.39 is 12.2 Å². The predicted molar refractivity (Wildman–Crippen MR) is 174 cm³/mol. The number of carbonyl (C=O) groups excluding carboxylic acids is 3. The molecule has 3 heterocycles. The molecule has 2 saturated heterocycles. The van der Waals surface area contributed by atoms with Gasteiger partial charge in [-0.25, -0.2) is 14.8 Å². The summed E-state index contributed by atoms with van der Waals surface area (Å²) in [6.45, 7) is 4.85. The largest absolute Gasteiger partial charge is 0.508 e. The number of thiophene rings is 1. The maximum Gasteiger partial charge on any atom is 0.334 e. The minimum absolute atomic E-state index is 0.0661. The van der Waals surface area contributed by atoms with Crippen molar-refractivity contribution in [3.8, 4) is 16.9 Å². The van der Waals surface area contributed by atoms with Crippen molar-refractivity contribution in [3.63, 3.8) is 0 Å². The molecule has 0 bridgehead atoms. The molecule has 0 radical (unpaired) electrons. The number of amides is 4. The second kappa shape index (κ2) is 13.4. The number of phenols is 1. The minimum atomic E-state index is -0.837. The first-order chi connectivity index (χ1) is 21.9. The fourth-order valence-corrected chi connectivity index (χ4v) is 6.72. The zero-order valence-electron chi connectivity index (χ0n) is 24.8. The number of aromatic hydroxyl groups is 1. The van der Waals surface area contributed by atoms with Crippen LogP contribution in [0.15, 0.2) is 108 Å². The molecule has 1 aromatic heterocycles. The fraction of sp³-hybridized carbons (Fsp3) is 0.229. The fourth-order valence-electron chi connectivity index (χ4n) is 6.05. The molecule has 4 amide bonds. The van der Waals surface area contributed by atoms with Crippen molar-refractivity contribution in [2.45, 2.75) is 31.7 Å². The van der Waals surface area contributed by atoms with E-state index >= 15 is 0 Å². The van der Waals surface area contributed by atoms with E-state index in [4.69, 9.17) is 0 Å². The second-order valence-corrected chi connectivity index (χ2v) is 12.0. The van der Waals surface area contributed by atoms with Crippen molar-refractivity contribution in [1.82, 2.24) is 25.1 Å². The predicted octanol–water partition coefficient (Wildman–Crippen LogP) is 4.86. The standard InChI is InChI=1S/C35H35N5O4S/c1-2-16-38-23-33(42)39-31(19-25-11-13-30(41)14-12-25)34(43)37(21-27-9-6-10-28(18-27)29-15-17-45-24-29)22-32(39)40(38)35(44)36-20-26-7-4-3-5-8-26/h2-15,17-18,24,31-32,41H,1,16,19-23H2,(H,36,44). The van der Waals surface area contributed by atoms with Gasteiger partial charge >= 0.3 is 6.03 Å². The summed E-state index contributed by atoms with van der Waals surface area (Å²) in [4.78, 5) is 45.3. The van der Waals surface area contributed by atoms with Gasteiger partial charge in [0.25, 0.3) is 0 Å². The molecule has 2 aliphatic rings. The number of hydrazine groups is 1. The van der Waals surface area contributed by atoms with Crippen LogP contribution in [-0.2, 0) is 29.1 Å². The van der Waals surface area contributed by atoms with E-state index in [1.165, 1.54) is 0 Å². The molecule has 2 N–H and O–H groups in total. The number of phenolic OH excluding ortho intramolecular Hbond substituents is 1. The van der Waals surface area contributed by atoms with Gasteiger partial charge in [0.15, 0.2) is 0 Å². The van der Waals surface area contributed by atoms with Crippen molar-refractivity contribution in [2.75, 3.05) is 19.6 Å². The van der Waals surface area contributed by atoms with Crippen LogP contribution in [0.5, 0.6) is 5.75 Å². The van der Waals surface area contributed by atoms with Crippen LogP contribution in [0.4, 0.5) is 4.79 Å². The van der Waals surface area contributed by atoms with Crippen LogP contribution in [0.3, 0.4) is 0 Å². The molecule has 2 aliphatic heterocycles. The Hall–Kier alpha value is -4.93. The highest BCUT2D eigenvalue weighted by Gasteiger charge is 2.51. The van der Waals surface area contributed by atoms with Gasteiger partial charge in [0.05, 0.1) is 13.1 Å². The lowest BCUT2D eigenvalue weighted by molar-refractivity contribution is -0.189. The van der Waals surface area contributed by atoms with Crippen molar-refractivity contribution in [2.24, 2.45) is 0 Å². The topological polar surface area (TPSA) is 96.4 Å². The van der Waals surface area contributed by atoms with E-state index in [9.17, 15) is 19.5 Å². The molecular formula is C35H35N5O4S. The Labute approximate surface area is 266 Å². The molecule has 3 aromatic carbocycles. The van der Waals surface area contributed by atoms with Gasteiger partial charge in [0.1, 0.15) is 18.0 Å². The van der Waals surface area contributed by atoms with E-state index in [0.717, 1.165) is 27.8 Å². The van der Waals surface area contributed by atoms with E-state index in [0.29, 0.717) is 13.1 Å². The quantitative estimate of drug-likeness (QED) is 0.261. The highest BCUT2D eigenvalue weighted by Crippen LogP contribution is 2.30. The first kappa shape index (κ1) is 30.1. The number of fused-ring (bicyclic) bond motifs is 1. The summed E-state index contributed by atoms with van der Waals surface area (Å²) in [5.74, 6) is -0.297. The van der Waals surface area contributed by atoms with Gasteiger partial charge < -0.3 is 20.2 Å². The van der Waals surface area contributed by atoms with Crippen LogP contribution in [0.25, 0.3) is 11.1 Å². The van der Waals surface area contributed by atoms with E-state index in [1.807, 2.05) is 53.9 Å². The molecule has 9 nitrogen and oxygen atoms in total. The van der Waals surface area contributed by atoms with E-state index in [-0.39, 0.29) is 49.7 Å². The molecule has 10 heteroatoms. The normalized spacial score (nSPS) is 18.5. The number of hydrogen-bond acceptors (Lipinski definition) is 6. The lowest BCUT2D eigenvalue weighted by Crippen LogP contribution is -2.76. The number of nitrogens with zero attached hydrogens (tertiary/aromatic N) is 4. The molecule has 0 spiro atoms. The Morgan fingerprint density at radius 2 is 1.73 bits per heavy atom. The number of piperazine rings is 1. The SMILES string of the molecule is C=CCN1CC(=O)N2C(Cc3ccc(O)cc3)C(=O)N(Cc3cccc(-c4ccsc4)c3)CC2N1C(=O)NCc1ccccc1. The van der Waals surface area contributed by atoms with Crippen molar-refractivity contribution in [1.29, 1.82) is 0 Å². The van der Waals surface area contributed by atoms with Gasteiger partial charge in [-0.2, -0.15) is 11.3 Å². The van der Waals surface area contributed by atoms with Crippen LogP contribution in [0.2, 0.25) is 0 Å². The molecule has 0 aliphatic carbocycles. The number of hydrogen-bond donors (Lipinski definition) is 2. The molecule has 2 fully saturated rings. The minimum Gasteiger partial charge on any atom is -0.508 e. The average molecular weight is 622 g/mol. The lowest BCUT2D eigenvalue weighted by atomic mass is 9.98. The summed E-state index contributed by atoms with van der Waals surface area (Å²) in [7, 11) is 0. The van der Waals surface area contributed by atoms with E-state index in [1.54, 1.807) is 61.5 Å². The van der Waals surface area contributed by atoms with Crippen LogP contribution in [0.1, 0.15) is 16.7 Å². The maximum atomic E-state index is 14.2. The van der Waals surface area contributed by atoms with E-state index in [2.05, 4.69) is 29.4 Å². The summed E-state index contributed by atoms with van der Waals surface area (Å²) in [5, 5.41) is 20.3. The van der Waals surface area contributed by atoms with Crippen molar-refractivity contribution >= 4 is 29.2 Å². The number of nitrogens with one attached hydrogen (secondary N) is 1. The first-order valence-electron chi connectivity index (χ1n) is 14.9. The number of benzene rings is 3. The zero-order chi connectivity index (χ0) is 31.3. The van der Waals surface area contributed by atoms with Gasteiger partial charge in [-0.1, -0.05) is 66.7 Å². The summed E-state index contributed by atoms with van der Waals surface area (Å²) in [5.41, 5.74) is 4.87. The highest BCUT2D eigenvalue weighted by molar-refractivity contribution is 7.08. The third-order valence-corrected chi connectivity index (χ3v) is 8.87. The van der Waals surface area contributed by atoms with Gasteiger partial charge in [-0.05, 0) is 62.8 Å². The van der Waals surface area contributed by atoms with Crippen molar-refractivity contribution < 1.29 is 19.5 Å². The smallest absolute Gasteiger partial charge is 0.334 e. The molecule has 4 aromatic rings. The molecule has 230 valence electrons. The van der Waals surface area contributed by atoms with Crippen molar-refractivity contribution in [3.05, 3.63) is 125 Å². The molecular weight excluding hydrogens is 586 g/mol. The van der Waals surface area contributed by atoms with Crippen LogP contribution < -0.4 is 5.32 Å². The van der Waals surface area contributed by atoms with Gasteiger partial charge in [-0.3, -0.25) is 9.59 Å². The molecule has 2 unspecified atom stereocenters. The lowest BCUT2D eigenvalue weighted by Gasteiger charge is -2.55. The number of urea groups is 1. The third kappa shape index (κ3) is 6.62. The molecule has 2 atom stereocenters. The van der Waals surface area contributed by atoms with Gasteiger partial charge in [-0.15, -0.1) is 6.58 Å². The number of carbonyl (C=O) groups is 3. The Kier molecular flexibility index (Phi) is 8.95. The van der Waals surface area contributed by atoms with Crippen LogP contribution in [-0.4, -0.2) is 74.6 Å². The Balaban J connectivity index is 1.34. The summed E-state index contributed by atoms with van der Waals surface area (Å²) in [6.07, 6.45) is 1.17. The monoisotopic (exact) mass is 621 g/mol. The van der Waals surface area contributed by atoms with Crippen LogP contribution in [0, 0.1) is 0 Å². The molecule has 0 saturated carbocycles. The Morgan fingerprint density at radius 3 is 2.47 bits per heavy atom. The van der Waals surface area contributed by atoms with Gasteiger partial charge in [0, 0.05) is 26.1 Å². The molecule has 6 rings (SSSR count). The number of rotatable bonds is 9. The Bertz CT molecular complexity index is 1660. The summed E-state index contributed by atoms with van der Waals surface area (Å²) in [6, 6.07) is 25.2. The van der Waals surface area contributed by atoms with Gasteiger partial charge in [0.2, 0.25) is 11.8 Å². The summed E-state index contributed by atoms with van der Waals surface area (Å²) >= 11 is 1.63. The average Bonchev–Trinajstić information content (AvgIpc) is 3.59.